The molecule has 0 saturated carbocycles. The quantitative estimate of drug-likeness (QED) is 0.713. The Kier molecular flexibility index (Phi) is 2.49. The average Bonchev–Trinajstić information content (AvgIpc) is 2.17. The van der Waals surface area contributed by atoms with Crippen molar-refractivity contribution in [3.8, 4) is 0 Å². The standard InChI is InChI=1S/C13H21N3/c1-9(2)16-12-10(14)6-5-7-11(12)15-8-13(16,3)4/h5-7,9,15H,8,14H2,1-4H3. The molecule has 16 heavy (non-hydrogen) atoms. The molecule has 1 heterocycles. The molecule has 1 aromatic rings. The first kappa shape index (κ1) is 11.1. The van der Waals surface area contributed by atoms with Crippen LogP contribution in [0, 0.1) is 0 Å². The van der Waals surface area contributed by atoms with Gasteiger partial charge in [0.15, 0.2) is 0 Å². The first-order chi connectivity index (χ1) is 7.43. The second-order valence-corrected chi connectivity index (χ2v) is 5.37. The first-order valence-electron chi connectivity index (χ1n) is 5.85. The maximum absolute atomic E-state index is 6.11. The van der Waals surface area contributed by atoms with Crippen molar-refractivity contribution < 1.29 is 0 Å². The second-order valence-electron chi connectivity index (χ2n) is 5.37. The smallest absolute Gasteiger partial charge is 0.0842 e. The predicted molar refractivity (Wildman–Crippen MR) is 71.0 cm³/mol. The third-order valence-electron chi connectivity index (χ3n) is 3.19. The van der Waals surface area contributed by atoms with Gasteiger partial charge in [0.05, 0.1) is 22.6 Å². The molecule has 3 heteroatoms. The lowest BCUT2D eigenvalue weighted by atomic mass is 9.95. The van der Waals surface area contributed by atoms with Crippen LogP contribution in [0.3, 0.4) is 0 Å². The number of nitrogens with two attached hydrogens (primary N) is 1. The van der Waals surface area contributed by atoms with Crippen LogP contribution in [0.25, 0.3) is 0 Å². The Hall–Kier alpha value is -1.38. The number of nitrogen functional groups attached to an aromatic ring is 1. The van der Waals surface area contributed by atoms with Crippen molar-refractivity contribution in [3.63, 3.8) is 0 Å². The number of hydrogen-bond donors (Lipinski definition) is 2. The lowest BCUT2D eigenvalue weighted by Gasteiger charge is -2.48. The second kappa shape index (κ2) is 3.58. The Balaban J connectivity index is 2.57. The summed E-state index contributed by atoms with van der Waals surface area (Å²) in [6, 6.07) is 6.51. The predicted octanol–water partition coefficient (Wildman–Crippen LogP) is 2.69. The summed E-state index contributed by atoms with van der Waals surface area (Å²) in [5.74, 6) is 0. The molecule has 0 amide bonds. The van der Waals surface area contributed by atoms with Gasteiger partial charge >= 0.3 is 0 Å². The Morgan fingerprint density at radius 1 is 1.38 bits per heavy atom. The van der Waals surface area contributed by atoms with Gasteiger partial charge in [-0.05, 0) is 39.8 Å². The zero-order chi connectivity index (χ0) is 11.9. The van der Waals surface area contributed by atoms with E-state index >= 15 is 0 Å². The van der Waals surface area contributed by atoms with Crippen LogP contribution in [-0.4, -0.2) is 18.1 Å². The lowest BCUT2D eigenvalue weighted by molar-refractivity contribution is 0.439. The van der Waals surface area contributed by atoms with Crippen LogP contribution >= 0.6 is 0 Å². The van der Waals surface area contributed by atoms with Crippen molar-refractivity contribution in [2.45, 2.75) is 39.3 Å². The minimum Gasteiger partial charge on any atom is -0.397 e. The number of anilines is 3. The normalized spacial score (nSPS) is 18.2. The van der Waals surface area contributed by atoms with Crippen LogP contribution in [0.2, 0.25) is 0 Å². The molecule has 3 nitrogen and oxygen atoms in total. The number of hydrogen-bond acceptors (Lipinski definition) is 3. The van der Waals surface area contributed by atoms with Crippen LogP contribution in [0.5, 0.6) is 0 Å². The summed E-state index contributed by atoms with van der Waals surface area (Å²) in [4.78, 5) is 2.41. The summed E-state index contributed by atoms with van der Waals surface area (Å²) in [5, 5.41) is 3.46. The highest BCUT2D eigenvalue weighted by Gasteiger charge is 2.35. The monoisotopic (exact) mass is 219 g/mol. The molecule has 88 valence electrons. The van der Waals surface area contributed by atoms with Gasteiger partial charge in [-0.25, -0.2) is 0 Å². The molecule has 0 spiro atoms. The SMILES string of the molecule is CC(C)N1c2c(N)cccc2NCC1(C)C. The summed E-state index contributed by atoms with van der Waals surface area (Å²) >= 11 is 0. The van der Waals surface area contributed by atoms with Crippen LogP contribution in [0.1, 0.15) is 27.7 Å². The molecule has 2 rings (SSSR count). The molecule has 3 N–H and O–H groups in total. The number of nitrogens with one attached hydrogen (secondary N) is 1. The van der Waals surface area contributed by atoms with Gasteiger partial charge in [-0.1, -0.05) is 6.07 Å². The summed E-state index contributed by atoms with van der Waals surface area (Å²) < 4.78 is 0. The Morgan fingerprint density at radius 2 is 2.06 bits per heavy atom. The van der Waals surface area contributed by atoms with Gasteiger partial charge in [-0.3, -0.25) is 0 Å². The lowest BCUT2D eigenvalue weighted by Crippen LogP contribution is -2.55. The fraction of sp³-hybridized carbons (Fsp3) is 0.538. The van der Waals surface area contributed by atoms with Crippen molar-refractivity contribution in [1.82, 2.24) is 0 Å². The van der Waals surface area contributed by atoms with E-state index in [-0.39, 0.29) is 5.54 Å². The van der Waals surface area contributed by atoms with Crippen LogP contribution in [0.4, 0.5) is 17.1 Å². The molecule has 0 aliphatic carbocycles. The Morgan fingerprint density at radius 3 is 2.69 bits per heavy atom. The average molecular weight is 219 g/mol. The highest BCUT2D eigenvalue weighted by Crippen LogP contribution is 2.41. The number of benzene rings is 1. The summed E-state index contributed by atoms with van der Waals surface area (Å²) in [7, 11) is 0. The van der Waals surface area contributed by atoms with Gasteiger partial charge in [0.25, 0.3) is 0 Å². The van der Waals surface area contributed by atoms with E-state index in [4.69, 9.17) is 5.73 Å². The molecule has 0 saturated heterocycles. The van der Waals surface area contributed by atoms with E-state index < -0.39 is 0 Å². The first-order valence-corrected chi connectivity index (χ1v) is 5.85. The minimum absolute atomic E-state index is 0.0939. The zero-order valence-corrected chi connectivity index (χ0v) is 10.5. The van der Waals surface area contributed by atoms with E-state index in [9.17, 15) is 0 Å². The summed E-state index contributed by atoms with van der Waals surface area (Å²) in [5.41, 5.74) is 9.35. The van der Waals surface area contributed by atoms with E-state index in [0.717, 1.165) is 23.6 Å². The maximum atomic E-state index is 6.11. The van der Waals surface area contributed by atoms with Crippen LogP contribution in [0.15, 0.2) is 18.2 Å². The van der Waals surface area contributed by atoms with E-state index in [0.29, 0.717) is 6.04 Å². The van der Waals surface area contributed by atoms with E-state index in [1.165, 1.54) is 0 Å². The van der Waals surface area contributed by atoms with Gasteiger partial charge in [-0.2, -0.15) is 0 Å². The molecule has 0 aromatic heterocycles. The van der Waals surface area contributed by atoms with Crippen molar-refractivity contribution in [3.05, 3.63) is 18.2 Å². The van der Waals surface area contributed by atoms with Crippen molar-refractivity contribution in [2.24, 2.45) is 0 Å². The zero-order valence-electron chi connectivity index (χ0n) is 10.5. The highest BCUT2D eigenvalue weighted by molar-refractivity contribution is 5.84. The van der Waals surface area contributed by atoms with Crippen molar-refractivity contribution in [2.75, 3.05) is 22.5 Å². The van der Waals surface area contributed by atoms with Gasteiger partial charge < -0.3 is 16.0 Å². The molecular formula is C13H21N3. The highest BCUT2D eigenvalue weighted by atomic mass is 15.3. The molecule has 0 radical (unpaired) electrons. The fourth-order valence-electron chi connectivity index (χ4n) is 2.63. The number of para-hydroxylation sites is 1. The van der Waals surface area contributed by atoms with Crippen molar-refractivity contribution in [1.29, 1.82) is 0 Å². The molecule has 1 aliphatic rings. The molecule has 0 atom stereocenters. The Bertz CT molecular complexity index is 396. The molecule has 0 unspecified atom stereocenters. The third-order valence-corrected chi connectivity index (χ3v) is 3.19. The van der Waals surface area contributed by atoms with Crippen LogP contribution < -0.4 is 16.0 Å². The Labute approximate surface area is 97.6 Å². The van der Waals surface area contributed by atoms with Crippen LogP contribution in [-0.2, 0) is 0 Å². The number of fused-ring (bicyclic) bond motifs is 1. The van der Waals surface area contributed by atoms with Gasteiger partial charge in [0, 0.05) is 12.6 Å². The van der Waals surface area contributed by atoms with E-state index in [1.54, 1.807) is 0 Å². The van der Waals surface area contributed by atoms with E-state index in [1.807, 2.05) is 12.1 Å². The number of rotatable bonds is 1. The van der Waals surface area contributed by atoms with Gasteiger partial charge in [0.1, 0.15) is 0 Å². The number of nitrogens with zero attached hydrogens (tertiary/aromatic N) is 1. The maximum Gasteiger partial charge on any atom is 0.0842 e. The molecule has 1 aromatic carbocycles. The summed E-state index contributed by atoms with van der Waals surface area (Å²) in [6.45, 7) is 9.86. The topological polar surface area (TPSA) is 41.3 Å². The molecule has 0 bridgehead atoms. The minimum atomic E-state index is 0.0939. The largest absolute Gasteiger partial charge is 0.397 e. The molecule has 1 aliphatic heterocycles. The van der Waals surface area contributed by atoms with E-state index in [2.05, 4.69) is 44.0 Å². The third kappa shape index (κ3) is 1.60. The molecular weight excluding hydrogens is 198 g/mol. The fourth-order valence-corrected chi connectivity index (χ4v) is 2.63. The van der Waals surface area contributed by atoms with Gasteiger partial charge in [-0.15, -0.1) is 0 Å². The van der Waals surface area contributed by atoms with Gasteiger partial charge in [0.2, 0.25) is 0 Å². The molecule has 0 fully saturated rings. The summed E-state index contributed by atoms with van der Waals surface area (Å²) in [6.07, 6.45) is 0. The van der Waals surface area contributed by atoms with Crippen molar-refractivity contribution >= 4 is 17.1 Å².